The molecule has 0 aliphatic carbocycles. The number of nitrogens with one attached hydrogen (secondary N) is 1. The Bertz CT molecular complexity index is 1560. The first kappa shape index (κ1) is 26.8. The number of hydrogen-bond donors (Lipinski definition) is 2. The molecule has 2 aromatic heterocycles. The van der Waals surface area contributed by atoms with E-state index in [1.807, 2.05) is 12.1 Å². The molecule has 1 aliphatic heterocycles. The zero-order valence-electron chi connectivity index (χ0n) is 21.2. The number of carbonyl (C=O) groups excluding carboxylic acids is 1. The number of fused-ring (bicyclic) bond motifs is 1. The highest BCUT2D eigenvalue weighted by molar-refractivity contribution is 6.05. The molecule has 1 fully saturated rings. The average molecular weight is 547 g/mol. The Labute approximate surface area is 228 Å². The number of allylic oxidation sites excluding steroid dienone is 2. The van der Waals surface area contributed by atoms with Crippen molar-refractivity contribution in [3.63, 3.8) is 0 Å². The SMILES string of the molecule is Nc1ncc2cccc(NC(=O)/C=C/C=C(/c3ccc(C(F)(F)F)cc3)c3ccc(N4CCOCC4)nc3)c2n1. The van der Waals surface area contributed by atoms with Gasteiger partial charge in [-0.1, -0.05) is 36.4 Å². The van der Waals surface area contributed by atoms with Crippen LogP contribution in [0.2, 0.25) is 0 Å². The molecule has 8 nitrogen and oxygen atoms in total. The van der Waals surface area contributed by atoms with Gasteiger partial charge in [-0.3, -0.25) is 4.79 Å². The van der Waals surface area contributed by atoms with Crippen LogP contribution in [-0.2, 0) is 15.7 Å². The van der Waals surface area contributed by atoms with Crippen LogP contribution in [0.15, 0.2) is 85.2 Å². The lowest BCUT2D eigenvalue weighted by Crippen LogP contribution is -2.36. The topological polar surface area (TPSA) is 106 Å². The van der Waals surface area contributed by atoms with Gasteiger partial charge < -0.3 is 20.7 Å². The molecular formula is C29H25F3N6O2. The number of halogens is 3. The number of nitrogen functional groups attached to an aromatic ring is 1. The molecule has 5 rings (SSSR count). The Morgan fingerprint density at radius 2 is 1.73 bits per heavy atom. The lowest BCUT2D eigenvalue weighted by atomic mass is 9.97. The second kappa shape index (κ2) is 11.5. The highest BCUT2D eigenvalue weighted by atomic mass is 19.4. The molecule has 0 bridgehead atoms. The minimum Gasteiger partial charge on any atom is -0.378 e. The van der Waals surface area contributed by atoms with Crippen molar-refractivity contribution < 1.29 is 22.7 Å². The van der Waals surface area contributed by atoms with Gasteiger partial charge in [0, 0.05) is 42.5 Å². The van der Waals surface area contributed by atoms with E-state index in [0.717, 1.165) is 31.0 Å². The fourth-order valence-electron chi connectivity index (χ4n) is 4.30. The molecule has 40 heavy (non-hydrogen) atoms. The minimum absolute atomic E-state index is 0.0853. The fraction of sp³-hybridized carbons (Fsp3) is 0.172. The van der Waals surface area contributed by atoms with Gasteiger partial charge in [0.05, 0.1) is 30.0 Å². The van der Waals surface area contributed by atoms with Crippen molar-refractivity contribution in [3.8, 4) is 0 Å². The minimum atomic E-state index is -4.45. The summed E-state index contributed by atoms with van der Waals surface area (Å²) in [6.07, 6.45) is 3.31. The highest BCUT2D eigenvalue weighted by Gasteiger charge is 2.30. The summed E-state index contributed by atoms with van der Waals surface area (Å²) in [7, 11) is 0. The van der Waals surface area contributed by atoms with E-state index in [4.69, 9.17) is 10.5 Å². The van der Waals surface area contributed by atoms with Gasteiger partial charge in [-0.05, 0) is 41.5 Å². The summed E-state index contributed by atoms with van der Waals surface area (Å²) in [5, 5.41) is 3.50. The summed E-state index contributed by atoms with van der Waals surface area (Å²) in [6.45, 7) is 2.68. The number of ether oxygens (including phenoxy) is 1. The Morgan fingerprint density at radius 3 is 2.42 bits per heavy atom. The second-order valence-corrected chi connectivity index (χ2v) is 8.98. The molecule has 0 atom stereocenters. The van der Waals surface area contributed by atoms with E-state index in [1.165, 1.54) is 24.3 Å². The molecule has 0 spiro atoms. The van der Waals surface area contributed by atoms with Crippen molar-refractivity contribution in [1.82, 2.24) is 15.0 Å². The zero-order chi connectivity index (χ0) is 28.1. The molecule has 0 radical (unpaired) electrons. The molecule has 204 valence electrons. The van der Waals surface area contributed by atoms with Crippen molar-refractivity contribution in [1.29, 1.82) is 0 Å². The molecule has 11 heteroatoms. The third-order valence-electron chi connectivity index (χ3n) is 6.32. The first-order chi connectivity index (χ1) is 19.3. The molecule has 4 aromatic rings. The van der Waals surface area contributed by atoms with Crippen molar-refractivity contribution in [2.24, 2.45) is 0 Å². The number of nitrogens with zero attached hydrogens (tertiary/aromatic N) is 4. The Hall–Kier alpha value is -4.77. The van der Waals surface area contributed by atoms with E-state index in [-0.39, 0.29) is 5.95 Å². The van der Waals surface area contributed by atoms with E-state index < -0.39 is 17.6 Å². The lowest BCUT2D eigenvalue weighted by Gasteiger charge is -2.27. The maximum absolute atomic E-state index is 13.1. The van der Waals surface area contributed by atoms with Crippen LogP contribution in [-0.4, -0.2) is 47.2 Å². The van der Waals surface area contributed by atoms with Crippen LogP contribution in [0.1, 0.15) is 16.7 Å². The van der Waals surface area contributed by atoms with E-state index >= 15 is 0 Å². The van der Waals surface area contributed by atoms with Crippen LogP contribution >= 0.6 is 0 Å². The Morgan fingerprint density at radius 1 is 0.975 bits per heavy atom. The van der Waals surface area contributed by atoms with Crippen LogP contribution in [0.25, 0.3) is 16.5 Å². The number of morpholine rings is 1. The molecule has 0 unspecified atom stereocenters. The normalized spacial score (nSPS) is 14.6. The first-order valence-corrected chi connectivity index (χ1v) is 12.5. The fourth-order valence-corrected chi connectivity index (χ4v) is 4.30. The van der Waals surface area contributed by atoms with Gasteiger partial charge in [-0.15, -0.1) is 0 Å². The van der Waals surface area contributed by atoms with Crippen molar-refractivity contribution in [2.45, 2.75) is 6.18 Å². The average Bonchev–Trinajstić information content (AvgIpc) is 2.96. The van der Waals surface area contributed by atoms with Crippen LogP contribution in [0.4, 0.5) is 30.6 Å². The molecular weight excluding hydrogens is 521 g/mol. The van der Waals surface area contributed by atoms with Crippen LogP contribution < -0.4 is 16.0 Å². The van der Waals surface area contributed by atoms with Crippen LogP contribution in [0.3, 0.4) is 0 Å². The summed E-state index contributed by atoms with van der Waals surface area (Å²) in [5.74, 6) is 0.448. The predicted molar refractivity (Wildman–Crippen MR) is 148 cm³/mol. The quantitative estimate of drug-likeness (QED) is 0.256. The van der Waals surface area contributed by atoms with Crippen LogP contribution in [0, 0.1) is 0 Å². The lowest BCUT2D eigenvalue weighted by molar-refractivity contribution is -0.137. The third kappa shape index (κ3) is 6.26. The first-order valence-electron chi connectivity index (χ1n) is 12.5. The molecule has 1 aliphatic rings. The van der Waals surface area contributed by atoms with Gasteiger partial charge in [0.1, 0.15) is 5.82 Å². The maximum atomic E-state index is 13.1. The van der Waals surface area contributed by atoms with Gasteiger partial charge in [0.2, 0.25) is 11.9 Å². The van der Waals surface area contributed by atoms with Crippen molar-refractivity contribution in [2.75, 3.05) is 42.3 Å². The van der Waals surface area contributed by atoms with Crippen molar-refractivity contribution in [3.05, 3.63) is 102 Å². The van der Waals surface area contributed by atoms with E-state index in [2.05, 4.69) is 25.2 Å². The van der Waals surface area contributed by atoms with Gasteiger partial charge in [-0.25, -0.2) is 15.0 Å². The Kier molecular flexibility index (Phi) is 7.74. The maximum Gasteiger partial charge on any atom is 0.416 e. The smallest absolute Gasteiger partial charge is 0.378 e. The standard InChI is InChI=1S/C29H25F3N6O2/c30-29(31,32)22-10-7-19(8-11-22)23(20-9-12-25(34-17-20)38-13-15-40-16-14-38)4-2-6-26(39)36-24-5-1-3-21-18-35-28(33)37-27(21)24/h1-12,17-18H,13-16H2,(H,36,39)(H2,33,35,37)/b6-2+,23-4-. The molecule has 3 heterocycles. The summed E-state index contributed by atoms with van der Waals surface area (Å²) in [5.41, 5.74) is 7.75. The number of aromatic nitrogens is 3. The monoisotopic (exact) mass is 546 g/mol. The highest BCUT2D eigenvalue weighted by Crippen LogP contribution is 2.32. The van der Waals surface area contributed by atoms with Gasteiger partial charge in [0.25, 0.3) is 0 Å². The number of benzene rings is 2. The summed E-state index contributed by atoms with van der Waals surface area (Å²) in [6, 6.07) is 13.9. The number of carbonyl (C=O) groups is 1. The number of para-hydroxylation sites is 1. The van der Waals surface area contributed by atoms with E-state index in [9.17, 15) is 18.0 Å². The zero-order valence-corrected chi connectivity index (χ0v) is 21.2. The second-order valence-electron chi connectivity index (χ2n) is 8.98. The Balaban J connectivity index is 1.41. The molecule has 1 amide bonds. The largest absolute Gasteiger partial charge is 0.416 e. The molecule has 0 saturated carbocycles. The van der Waals surface area contributed by atoms with E-state index in [1.54, 1.807) is 36.7 Å². The van der Waals surface area contributed by atoms with E-state index in [0.29, 0.717) is 46.5 Å². The molecule has 2 aromatic carbocycles. The predicted octanol–water partition coefficient (Wildman–Crippen LogP) is 5.09. The number of pyridine rings is 1. The number of anilines is 3. The molecule has 3 N–H and O–H groups in total. The third-order valence-corrected chi connectivity index (χ3v) is 6.32. The number of alkyl halides is 3. The van der Waals surface area contributed by atoms with Crippen LogP contribution in [0.5, 0.6) is 0 Å². The summed E-state index contributed by atoms with van der Waals surface area (Å²) >= 11 is 0. The van der Waals surface area contributed by atoms with Gasteiger partial charge in [0.15, 0.2) is 0 Å². The summed E-state index contributed by atoms with van der Waals surface area (Å²) in [4.78, 5) is 27.5. The number of rotatable bonds is 6. The van der Waals surface area contributed by atoms with Crippen molar-refractivity contribution >= 4 is 39.8 Å². The van der Waals surface area contributed by atoms with Gasteiger partial charge >= 0.3 is 6.18 Å². The van der Waals surface area contributed by atoms with Gasteiger partial charge in [-0.2, -0.15) is 13.2 Å². The number of amides is 1. The number of hydrogen-bond acceptors (Lipinski definition) is 7. The number of nitrogens with two attached hydrogens (primary N) is 1. The summed E-state index contributed by atoms with van der Waals surface area (Å²) < 4.78 is 44.8. The molecule has 1 saturated heterocycles.